The number of carboxylic acids is 1. The molecule has 19 heavy (non-hydrogen) atoms. The SMILES string of the molecule is C[C@H](CS)C(=O)N[C@H](Cc1ccc(O)cc1)C(=O)O. The van der Waals surface area contributed by atoms with E-state index in [0.717, 1.165) is 5.56 Å². The number of benzene rings is 1. The van der Waals surface area contributed by atoms with E-state index in [2.05, 4.69) is 17.9 Å². The molecule has 6 heteroatoms. The Morgan fingerprint density at radius 1 is 1.32 bits per heavy atom. The molecule has 0 saturated heterocycles. The maximum Gasteiger partial charge on any atom is 0.326 e. The van der Waals surface area contributed by atoms with E-state index in [4.69, 9.17) is 10.2 Å². The van der Waals surface area contributed by atoms with E-state index in [1.807, 2.05) is 0 Å². The molecule has 0 heterocycles. The number of aromatic hydroxyl groups is 1. The lowest BCUT2D eigenvalue weighted by Crippen LogP contribution is -2.44. The Hall–Kier alpha value is -1.69. The van der Waals surface area contributed by atoms with Gasteiger partial charge in [0.05, 0.1) is 0 Å². The molecular weight excluding hydrogens is 266 g/mol. The molecule has 0 aliphatic rings. The van der Waals surface area contributed by atoms with Crippen LogP contribution in [0.25, 0.3) is 0 Å². The van der Waals surface area contributed by atoms with Gasteiger partial charge in [0.25, 0.3) is 0 Å². The number of aliphatic carboxylic acids is 1. The molecule has 104 valence electrons. The molecule has 2 atom stereocenters. The Bertz CT molecular complexity index is 446. The van der Waals surface area contributed by atoms with Crippen LogP contribution in [0.3, 0.4) is 0 Å². The van der Waals surface area contributed by atoms with Crippen molar-refractivity contribution in [3.8, 4) is 5.75 Å². The van der Waals surface area contributed by atoms with Crippen molar-refractivity contribution < 1.29 is 19.8 Å². The van der Waals surface area contributed by atoms with Gasteiger partial charge in [-0.2, -0.15) is 12.6 Å². The van der Waals surface area contributed by atoms with Crippen LogP contribution < -0.4 is 5.32 Å². The highest BCUT2D eigenvalue weighted by Crippen LogP contribution is 2.11. The summed E-state index contributed by atoms with van der Waals surface area (Å²) in [5.41, 5.74) is 0.726. The predicted octanol–water partition coefficient (Wildman–Crippen LogP) is 1.07. The van der Waals surface area contributed by atoms with Gasteiger partial charge in [0.15, 0.2) is 0 Å². The molecule has 1 aromatic carbocycles. The summed E-state index contributed by atoms with van der Waals surface area (Å²) in [7, 11) is 0. The van der Waals surface area contributed by atoms with Crippen molar-refractivity contribution in [1.29, 1.82) is 0 Å². The van der Waals surface area contributed by atoms with Crippen LogP contribution in [0.5, 0.6) is 5.75 Å². The second-order valence-electron chi connectivity index (χ2n) is 4.35. The molecule has 0 saturated carbocycles. The molecule has 3 N–H and O–H groups in total. The number of nitrogens with one attached hydrogen (secondary N) is 1. The maximum absolute atomic E-state index is 11.7. The normalized spacial score (nSPS) is 13.6. The van der Waals surface area contributed by atoms with Gasteiger partial charge < -0.3 is 15.5 Å². The highest BCUT2D eigenvalue weighted by atomic mass is 32.1. The average molecular weight is 283 g/mol. The van der Waals surface area contributed by atoms with E-state index in [1.165, 1.54) is 12.1 Å². The van der Waals surface area contributed by atoms with Gasteiger partial charge in [-0.15, -0.1) is 0 Å². The molecular formula is C13H17NO4S. The third-order valence-electron chi connectivity index (χ3n) is 2.71. The minimum Gasteiger partial charge on any atom is -0.508 e. The number of carbonyl (C=O) groups excluding carboxylic acids is 1. The summed E-state index contributed by atoms with van der Waals surface area (Å²) < 4.78 is 0. The summed E-state index contributed by atoms with van der Waals surface area (Å²) in [6.45, 7) is 1.68. The van der Waals surface area contributed by atoms with Crippen molar-refractivity contribution >= 4 is 24.5 Å². The summed E-state index contributed by atoms with van der Waals surface area (Å²) in [6.07, 6.45) is 0.167. The molecule has 0 spiro atoms. The summed E-state index contributed by atoms with van der Waals surface area (Å²) in [4.78, 5) is 22.8. The average Bonchev–Trinajstić information content (AvgIpc) is 2.39. The van der Waals surface area contributed by atoms with Gasteiger partial charge in [0, 0.05) is 18.1 Å². The second-order valence-corrected chi connectivity index (χ2v) is 4.72. The van der Waals surface area contributed by atoms with Gasteiger partial charge in [-0.05, 0) is 17.7 Å². The summed E-state index contributed by atoms with van der Waals surface area (Å²) in [5.74, 6) is -1.29. The number of rotatable bonds is 6. The number of hydrogen-bond donors (Lipinski definition) is 4. The zero-order valence-corrected chi connectivity index (χ0v) is 11.4. The Balaban J connectivity index is 2.71. The lowest BCUT2D eigenvalue weighted by atomic mass is 10.0. The number of hydrogen-bond acceptors (Lipinski definition) is 4. The fourth-order valence-electron chi connectivity index (χ4n) is 1.46. The summed E-state index contributed by atoms with van der Waals surface area (Å²) in [6, 6.07) is 5.22. The van der Waals surface area contributed by atoms with E-state index < -0.39 is 12.0 Å². The Kier molecular flexibility index (Phi) is 5.69. The molecule has 0 aromatic heterocycles. The number of phenols is 1. The van der Waals surface area contributed by atoms with Gasteiger partial charge >= 0.3 is 5.97 Å². The zero-order valence-electron chi connectivity index (χ0n) is 10.5. The standard InChI is InChI=1S/C13H17NO4S/c1-8(7-19)12(16)14-11(13(17)18)6-9-2-4-10(15)5-3-9/h2-5,8,11,15,19H,6-7H2,1H3,(H,14,16)(H,17,18)/t8-,11-/m1/s1. The molecule has 5 nitrogen and oxygen atoms in total. The number of amides is 1. The Labute approximate surface area is 117 Å². The number of carboxylic acid groups (broad SMARTS) is 1. The minimum atomic E-state index is -1.09. The first kappa shape index (κ1) is 15.4. The fourth-order valence-corrected chi connectivity index (χ4v) is 1.63. The number of thiol groups is 1. The Morgan fingerprint density at radius 2 is 1.89 bits per heavy atom. The highest BCUT2D eigenvalue weighted by Gasteiger charge is 2.22. The first-order valence-corrected chi connectivity index (χ1v) is 6.49. The molecule has 0 radical (unpaired) electrons. The van der Waals surface area contributed by atoms with Crippen LogP contribution in [0.1, 0.15) is 12.5 Å². The molecule has 0 bridgehead atoms. The van der Waals surface area contributed by atoms with Crippen LogP contribution in [-0.4, -0.2) is 33.9 Å². The van der Waals surface area contributed by atoms with Crippen molar-refractivity contribution in [2.45, 2.75) is 19.4 Å². The first-order chi connectivity index (χ1) is 8.93. The smallest absolute Gasteiger partial charge is 0.326 e. The number of phenolic OH excluding ortho intramolecular Hbond substituents is 1. The lowest BCUT2D eigenvalue weighted by Gasteiger charge is -2.17. The molecule has 1 rings (SSSR count). The molecule has 1 amide bonds. The van der Waals surface area contributed by atoms with Crippen molar-refractivity contribution in [2.24, 2.45) is 5.92 Å². The van der Waals surface area contributed by atoms with Crippen molar-refractivity contribution in [3.05, 3.63) is 29.8 Å². The van der Waals surface area contributed by atoms with Crippen molar-refractivity contribution in [2.75, 3.05) is 5.75 Å². The van der Waals surface area contributed by atoms with E-state index in [0.29, 0.717) is 5.75 Å². The van der Waals surface area contributed by atoms with E-state index in [-0.39, 0.29) is 24.0 Å². The van der Waals surface area contributed by atoms with Crippen LogP contribution in [0.2, 0.25) is 0 Å². The van der Waals surface area contributed by atoms with E-state index >= 15 is 0 Å². The minimum absolute atomic E-state index is 0.114. The van der Waals surface area contributed by atoms with Gasteiger partial charge in [-0.25, -0.2) is 4.79 Å². The van der Waals surface area contributed by atoms with Crippen LogP contribution in [0.15, 0.2) is 24.3 Å². The fraction of sp³-hybridized carbons (Fsp3) is 0.385. The van der Waals surface area contributed by atoms with E-state index in [9.17, 15) is 9.59 Å². The molecule has 0 fully saturated rings. The van der Waals surface area contributed by atoms with Gasteiger partial charge in [0.2, 0.25) is 5.91 Å². The molecule has 0 unspecified atom stereocenters. The third kappa shape index (κ3) is 4.82. The Morgan fingerprint density at radius 3 is 2.37 bits per heavy atom. The van der Waals surface area contributed by atoms with Gasteiger partial charge in [-0.1, -0.05) is 19.1 Å². The number of carbonyl (C=O) groups is 2. The quantitative estimate of drug-likeness (QED) is 0.588. The first-order valence-electron chi connectivity index (χ1n) is 5.86. The third-order valence-corrected chi connectivity index (χ3v) is 3.26. The summed E-state index contributed by atoms with van der Waals surface area (Å²) in [5, 5.41) is 20.7. The molecule has 0 aliphatic carbocycles. The van der Waals surface area contributed by atoms with Crippen LogP contribution in [0, 0.1) is 5.92 Å². The lowest BCUT2D eigenvalue weighted by molar-refractivity contribution is -0.142. The molecule has 1 aromatic rings. The monoisotopic (exact) mass is 283 g/mol. The summed E-state index contributed by atoms with van der Waals surface area (Å²) >= 11 is 4.00. The zero-order chi connectivity index (χ0) is 14.4. The van der Waals surface area contributed by atoms with Crippen molar-refractivity contribution in [1.82, 2.24) is 5.32 Å². The van der Waals surface area contributed by atoms with Crippen LogP contribution in [0.4, 0.5) is 0 Å². The van der Waals surface area contributed by atoms with Crippen molar-refractivity contribution in [3.63, 3.8) is 0 Å². The van der Waals surface area contributed by atoms with Gasteiger partial charge in [-0.3, -0.25) is 4.79 Å². The topological polar surface area (TPSA) is 86.6 Å². The van der Waals surface area contributed by atoms with E-state index in [1.54, 1.807) is 19.1 Å². The van der Waals surface area contributed by atoms with Crippen LogP contribution >= 0.6 is 12.6 Å². The largest absolute Gasteiger partial charge is 0.508 e. The predicted molar refractivity (Wildman–Crippen MR) is 74.4 cm³/mol. The van der Waals surface area contributed by atoms with Gasteiger partial charge in [0.1, 0.15) is 11.8 Å². The highest BCUT2D eigenvalue weighted by molar-refractivity contribution is 7.80. The molecule has 0 aliphatic heterocycles. The second kappa shape index (κ2) is 7.04. The van der Waals surface area contributed by atoms with Crippen LogP contribution in [-0.2, 0) is 16.0 Å². The maximum atomic E-state index is 11.7.